The largest absolute Gasteiger partial charge is 0.477 e. The van der Waals surface area contributed by atoms with Crippen molar-refractivity contribution in [1.29, 1.82) is 0 Å². The summed E-state index contributed by atoms with van der Waals surface area (Å²) in [7, 11) is 1.79. The number of carbonyl (C=O) groups excluding carboxylic acids is 1. The van der Waals surface area contributed by atoms with Gasteiger partial charge in [0, 0.05) is 32.3 Å². The van der Waals surface area contributed by atoms with Crippen molar-refractivity contribution in [3.8, 4) is 0 Å². The molecule has 0 spiro atoms. The summed E-state index contributed by atoms with van der Waals surface area (Å²) in [6.45, 7) is 3.03. The van der Waals surface area contributed by atoms with E-state index < -0.39 is 5.97 Å². The summed E-state index contributed by atoms with van der Waals surface area (Å²) in [5, 5.41) is 14.0. The predicted molar refractivity (Wildman–Crippen MR) is 84.9 cm³/mol. The van der Waals surface area contributed by atoms with E-state index in [1.165, 1.54) is 11.3 Å². The summed E-state index contributed by atoms with van der Waals surface area (Å²) in [5.74, 6) is -0.696. The third-order valence-electron chi connectivity index (χ3n) is 4.09. The molecule has 3 rings (SSSR count). The Morgan fingerprint density at radius 1 is 1.35 bits per heavy atom. The highest BCUT2D eigenvalue weighted by molar-refractivity contribution is 7.13. The topological polar surface area (TPSA) is 88.3 Å². The first-order chi connectivity index (χ1) is 11.0. The number of hydrogen-bond acceptors (Lipinski definition) is 5. The number of thiazole rings is 1. The van der Waals surface area contributed by atoms with E-state index in [-0.39, 0.29) is 11.8 Å². The third-order valence-corrected chi connectivity index (χ3v) is 5.40. The molecule has 1 aliphatic heterocycles. The number of aromatic nitrogens is 3. The highest BCUT2D eigenvalue weighted by Crippen LogP contribution is 2.32. The number of carboxylic acids is 1. The highest BCUT2D eigenvalue weighted by atomic mass is 32.1. The minimum atomic E-state index is -0.921. The van der Waals surface area contributed by atoms with Gasteiger partial charge in [-0.1, -0.05) is 0 Å². The summed E-state index contributed by atoms with van der Waals surface area (Å²) in [6.07, 6.45) is 4.91. The fourth-order valence-corrected chi connectivity index (χ4v) is 3.91. The molecule has 1 N–H and O–H groups in total. The van der Waals surface area contributed by atoms with Gasteiger partial charge in [0.05, 0.1) is 22.5 Å². The van der Waals surface area contributed by atoms with Crippen LogP contribution in [0.15, 0.2) is 12.4 Å². The second-order valence-electron chi connectivity index (χ2n) is 5.74. The Labute approximate surface area is 137 Å². The number of rotatable bonds is 3. The molecule has 8 heteroatoms. The molecular formula is C15H18N4O3S. The lowest BCUT2D eigenvalue weighted by atomic mass is 9.97. The van der Waals surface area contributed by atoms with Gasteiger partial charge in [0.25, 0.3) is 5.91 Å². The van der Waals surface area contributed by atoms with Gasteiger partial charge in [0.2, 0.25) is 0 Å². The molecule has 0 radical (unpaired) electrons. The van der Waals surface area contributed by atoms with Gasteiger partial charge >= 0.3 is 5.97 Å². The Morgan fingerprint density at radius 3 is 2.57 bits per heavy atom. The number of hydrogen-bond donors (Lipinski definition) is 1. The number of carbonyl (C=O) groups is 2. The highest BCUT2D eigenvalue weighted by Gasteiger charge is 2.28. The first-order valence-corrected chi connectivity index (χ1v) is 8.26. The zero-order valence-corrected chi connectivity index (χ0v) is 13.8. The number of aryl methyl sites for hydroxylation is 2. The van der Waals surface area contributed by atoms with E-state index in [4.69, 9.17) is 5.11 Å². The molecule has 23 heavy (non-hydrogen) atoms. The van der Waals surface area contributed by atoms with E-state index in [0.29, 0.717) is 29.2 Å². The number of piperidine rings is 1. The Bertz CT molecular complexity index is 744. The molecule has 0 aliphatic carbocycles. The molecule has 3 heterocycles. The molecule has 7 nitrogen and oxygen atoms in total. The van der Waals surface area contributed by atoms with Crippen molar-refractivity contribution in [2.24, 2.45) is 7.05 Å². The molecule has 1 fully saturated rings. The van der Waals surface area contributed by atoms with Crippen LogP contribution in [0.3, 0.4) is 0 Å². The quantitative estimate of drug-likeness (QED) is 0.926. The Morgan fingerprint density at radius 2 is 2.04 bits per heavy atom. The normalized spacial score (nSPS) is 15.8. The zero-order valence-electron chi connectivity index (χ0n) is 13.0. The molecule has 0 unspecified atom stereocenters. The SMILES string of the molecule is Cc1nc(C2CCN(C(=O)c3cnn(C)c3)CC2)sc1C(=O)O. The van der Waals surface area contributed by atoms with E-state index in [9.17, 15) is 9.59 Å². The molecule has 1 amide bonds. The van der Waals surface area contributed by atoms with Gasteiger partial charge in [0.15, 0.2) is 0 Å². The van der Waals surface area contributed by atoms with Crippen LogP contribution in [0, 0.1) is 6.92 Å². The van der Waals surface area contributed by atoms with Crippen molar-refractivity contribution in [3.63, 3.8) is 0 Å². The molecule has 2 aromatic heterocycles. The maximum atomic E-state index is 12.4. The molecule has 1 aliphatic rings. The van der Waals surface area contributed by atoms with Crippen LogP contribution >= 0.6 is 11.3 Å². The average Bonchev–Trinajstić information content (AvgIpc) is 3.13. The standard InChI is InChI=1S/C15H18N4O3S/c1-9-12(15(21)22)23-13(17-9)10-3-5-19(6-4-10)14(20)11-7-16-18(2)8-11/h7-8,10H,3-6H2,1-2H3,(H,21,22). The summed E-state index contributed by atoms with van der Waals surface area (Å²) >= 11 is 1.26. The predicted octanol–water partition coefficient (Wildman–Crippen LogP) is 1.90. The molecule has 1 saturated heterocycles. The van der Waals surface area contributed by atoms with Crippen molar-refractivity contribution in [2.45, 2.75) is 25.7 Å². The van der Waals surface area contributed by atoms with Crippen LogP contribution in [0.5, 0.6) is 0 Å². The smallest absolute Gasteiger partial charge is 0.347 e. The van der Waals surface area contributed by atoms with Crippen molar-refractivity contribution < 1.29 is 14.7 Å². The minimum absolute atomic E-state index is 0.00176. The van der Waals surface area contributed by atoms with Crippen molar-refractivity contribution in [1.82, 2.24) is 19.7 Å². The second-order valence-corrected chi connectivity index (χ2v) is 6.77. The van der Waals surface area contributed by atoms with Gasteiger partial charge in [-0.05, 0) is 19.8 Å². The Balaban J connectivity index is 1.65. The van der Waals surface area contributed by atoms with E-state index in [1.807, 2.05) is 4.90 Å². The van der Waals surface area contributed by atoms with E-state index >= 15 is 0 Å². The second kappa shape index (κ2) is 6.11. The van der Waals surface area contributed by atoms with Gasteiger partial charge in [0.1, 0.15) is 4.88 Å². The van der Waals surface area contributed by atoms with Crippen LogP contribution in [0.4, 0.5) is 0 Å². The van der Waals surface area contributed by atoms with Gasteiger partial charge < -0.3 is 10.0 Å². The average molecular weight is 334 g/mol. The maximum absolute atomic E-state index is 12.4. The number of aromatic carboxylic acids is 1. The third kappa shape index (κ3) is 3.12. The number of nitrogens with zero attached hydrogens (tertiary/aromatic N) is 4. The summed E-state index contributed by atoms with van der Waals surface area (Å²) in [5.41, 5.74) is 1.18. The zero-order chi connectivity index (χ0) is 16.6. The van der Waals surface area contributed by atoms with Crippen LogP contribution in [0.2, 0.25) is 0 Å². The minimum Gasteiger partial charge on any atom is -0.477 e. The Kier molecular flexibility index (Phi) is 4.16. The van der Waals surface area contributed by atoms with Gasteiger partial charge in [-0.15, -0.1) is 11.3 Å². The molecule has 0 saturated carbocycles. The lowest BCUT2D eigenvalue weighted by Gasteiger charge is -2.30. The van der Waals surface area contributed by atoms with Crippen molar-refractivity contribution >= 4 is 23.2 Å². The number of carboxylic acid groups (broad SMARTS) is 1. The summed E-state index contributed by atoms with van der Waals surface area (Å²) < 4.78 is 1.62. The number of amides is 1. The molecule has 2 aromatic rings. The molecule has 0 atom stereocenters. The van der Waals surface area contributed by atoms with Crippen molar-refractivity contribution in [2.75, 3.05) is 13.1 Å². The number of likely N-dealkylation sites (tertiary alicyclic amines) is 1. The van der Waals surface area contributed by atoms with Crippen LogP contribution in [-0.2, 0) is 7.05 Å². The first-order valence-electron chi connectivity index (χ1n) is 7.44. The van der Waals surface area contributed by atoms with Crippen LogP contribution < -0.4 is 0 Å². The van der Waals surface area contributed by atoms with Gasteiger partial charge in [-0.3, -0.25) is 9.48 Å². The Hall–Kier alpha value is -2.22. The first kappa shape index (κ1) is 15.7. The lowest BCUT2D eigenvalue weighted by molar-refractivity contribution is 0.0696. The monoisotopic (exact) mass is 334 g/mol. The summed E-state index contributed by atoms with van der Waals surface area (Å²) in [6, 6.07) is 0. The van der Waals surface area contributed by atoms with E-state index in [2.05, 4.69) is 10.1 Å². The summed E-state index contributed by atoms with van der Waals surface area (Å²) in [4.78, 5) is 30.1. The lowest BCUT2D eigenvalue weighted by Crippen LogP contribution is -2.37. The molecule has 0 aromatic carbocycles. The van der Waals surface area contributed by atoms with Gasteiger partial charge in [-0.2, -0.15) is 5.10 Å². The van der Waals surface area contributed by atoms with Crippen LogP contribution in [-0.4, -0.2) is 49.7 Å². The van der Waals surface area contributed by atoms with E-state index in [0.717, 1.165) is 17.8 Å². The molecule has 122 valence electrons. The van der Waals surface area contributed by atoms with E-state index in [1.54, 1.807) is 31.0 Å². The molecular weight excluding hydrogens is 316 g/mol. The van der Waals surface area contributed by atoms with Gasteiger partial charge in [-0.25, -0.2) is 9.78 Å². The van der Waals surface area contributed by atoms with Crippen LogP contribution in [0.25, 0.3) is 0 Å². The molecule has 0 bridgehead atoms. The maximum Gasteiger partial charge on any atom is 0.347 e. The van der Waals surface area contributed by atoms with Crippen LogP contribution in [0.1, 0.15) is 49.5 Å². The fourth-order valence-electron chi connectivity index (χ4n) is 2.83. The van der Waals surface area contributed by atoms with Crippen molar-refractivity contribution in [3.05, 3.63) is 33.5 Å². The fraction of sp³-hybridized carbons (Fsp3) is 0.467.